The lowest BCUT2D eigenvalue weighted by molar-refractivity contribution is 0.803. The number of imidazole rings is 1. The summed E-state index contributed by atoms with van der Waals surface area (Å²) in [7, 11) is 2.13. The topological polar surface area (TPSA) is 43.6 Å². The molecule has 10 aromatic rings. The zero-order valence-electron chi connectivity index (χ0n) is 36.0. The predicted molar refractivity (Wildman–Crippen MR) is 265 cm³/mol. The summed E-state index contributed by atoms with van der Waals surface area (Å²) in [6, 6.07) is 73.4. The highest BCUT2D eigenvalue weighted by atomic mass is 15.1. The normalized spacial score (nSPS) is 11.1. The van der Waals surface area contributed by atoms with Gasteiger partial charge < -0.3 is 4.57 Å². The highest BCUT2D eigenvalue weighted by Gasteiger charge is 2.14. The lowest BCUT2D eigenvalue weighted by Gasteiger charge is -2.15. The van der Waals surface area contributed by atoms with Crippen LogP contribution in [0.25, 0.3) is 78.4 Å². The second kappa shape index (κ2) is 18.6. The Morgan fingerprint density at radius 3 is 1.47 bits per heavy atom. The number of hydrogen-bond donors (Lipinski definition) is 0. The Balaban J connectivity index is 0.922. The van der Waals surface area contributed by atoms with Crippen LogP contribution in [0.5, 0.6) is 0 Å². The van der Waals surface area contributed by atoms with E-state index >= 15 is 0 Å². The minimum Gasteiger partial charge on any atom is -0.331 e. The predicted octanol–water partition coefficient (Wildman–Crippen LogP) is 14.4. The largest absolute Gasteiger partial charge is 0.331 e. The van der Waals surface area contributed by atoms with Crippen molar-refractivity contribution < 1.29 is 0 Å². The summed E-state index contributed by atoms with van der Waals surface area (Å²) in [6.45, 7) is 0. The molecule has 0 fully saturated rings. The smallest absolute Gasteiger partial charge is 0.139 e. The molecule has 10 rings (SSSR count). The summed E-state index contributed by atoms with van der Waals surface area (Å²) in [5, 5.41) is 0. The Morgan fingerprint density at radius 1 is 0.312 bits per heavy atom. The molecule has 0 saturated heterocycles. The third-order valence-corrected chi connectivity index (χ3v) is 12.2. The van der Waals surface area contributed by atoms with Crippen molar-refractivity contribution in [3.8, 4) is 78.4 Å². The number of benzene rings is 7. The minimum absolute atomic E-state index is 0.886. The Morgan fingerprint density at radius 2 is 0.812 bits per heavy atom. The van der Waals surface area contributed by atoms with Gasteiger partial charge in [0.1, 0.15) is 5.82 Å². The number of aryl methyl sites for hydroxylation is 4. The van der Waals surface area contributed by atoms with Crippen molar-refractivity contribution in [2.75, 3.05) is 0 Å². The molecule has 4 heteroatoms. The monoisotopic (exact) mass is 824 g/mol. The molecule has 0 N–H and O–H groups in total. The average molecular weight is 825 g/mol. The van der Waals surface area contributed by atoms with E-state index in [-0.39, 0.29) is 0 Å². The molecule has 0 spiro atoms. The first-order valence-corrected chi connectivity index (χ1v) is 22.1. The van der Waals surface area contributed by atoms with Crippen LogP contribution in [0.4, 0.5) is 0 Å². The van der Waals surface area contributed by atoms with Crippen LogP contribution in [0.2, 0.25) is 0 Å². The summed E-state index contributed by atoms with van der Waals surface area (Å²) < 4.78 is 2.23. The van der Waals surface area contributed by atoms with Crippen LogP contribution in [-0.4, -0.2) is 19.5 Å². The molecule has 4 nitrogen and oxygen atoms in total. The van der Waals surface area contributed by atoms with Crippen molar-refractivity contribution >= 4 is 0 Å². The summed E-state index contributed by atoms with van der Waals surface area (Å²) in [5.41, 5.74) is 19.8. The summed E-state index contributed by atoms with van der Waals surface area (Å²) >= 11 is 0. The first-order chi connectivity index (χ1) is 31.6. The van der Waals surface area contributed by atoms with Crippen molar-refractivity contribution in [1.29, 1.82) is 0 Å². The molecule has 64 heavy (non-hydrogen) atoms. The molecule has 0 aliphatic heterocycles. The van der Waals surface area contributed by atoms with Crippen LogP contribution >= 0.6 is 0 Å². The fraction of sp³-hybridized carbons (Fsp3) is 0.0833. The third kappa shape index (κ3) is 8.99. The molecule has 0 atom stereocenters. The molecule has 3 aromatic heterocycles. The van der Waals surface area contributed by atoms with Gasteiger partial charge in [-0.3, -0.25) is 9.97 Å². The van der Waals surface area contributed by atoms with Gasteiger partial charge in [0.05, 0.1) is 11.4 Å². The molecule has 0 unspecified atom stereocenters. The standard InChI is InChI=1S/C60H48N4/c1-64-55(42-63-60(64)50-18-9-4-10-19-50)33-26-45-36-44(25-24-43-27-34-58(61-40-43)49-16-7-3-8-17-49)37-54(38-45)57-23-12-11-22-56(57)53-32-35-59(62-41-53)52-21-13-20-51(39-52)48-30-28-47(29-31-48)46-14-5-2-6-15-46/h2-23,27-32,34-42H,24-26,33H2,1H3. The van der Waals surface area contributed by atoms with Gasteiger partial charge in [0.25, 0.3) is 0 Å². The lowest BCUT2D eigenvalue weighted by atomic mass is 9.90. The number of nitrogens with zero attached hydrogens (tertiary/aromatic N) is 4. The Hall–Kier alpha value is -7.95. The Labute approximate surface area is 376 Å². The first kappa shape index (κ1) is 40.1. The van der Waals surface area contributed by atoms with Gasteiger partial charge in [-0.1, -0.05) is 188 Å². The van der Waals surface area contributed by atoms with E-state index in [2.05, 4.69) is 206 Å². The van der Waals surface area contributed by atoms with Gasteiger partial charge in [-0.15, -0.1) is 0 Å². The molecular formula is C60H48N4. The van der Waals surface area contributed by atoms with E-state index in [4.69, 9.17) is 15.0 Å². The van der Waals surface area contributed by atoms with Gasteiger partial charge in [-0.05, 0) is 99.5 Å². The van der Waals surface area contributed by atoms with Crippen LogP contribution in [0.1, 0.15) is 22.4 Å². The van der Waals surface area contributed by atoms with E-state index in [1.807, 2.05) is 30.7 Å². The van der Waals surface area contributed by atoms with Gasteiger partial charge in [0.15, 0.2) is 0 Å². The van der Waals surface area contributed by atoms with Crippen molar-refractivity contribution in [2.45, 2.75) is 25.7 Å². The second-order valence-corrected chi connectivity index (χ2v) is 16.5. The average Bonchev–Trinajstić information content (AvgIpc) is 3.75. The number of hydrogen-bond acceptors (Lipinski definition) is 3. The van der Waals surface area contributed by atoms with E-state index in [1.54, 1.807) is 0 Å². The molecule has 0 aliphatic rings. The fourth-order valence-corrected chi connectivity index (χ4v) is 8.71. The van der Waals surface area contributed by atoms with Gasteiger partial charge in [-0.25, -0.2) is 4.98 Å². The Bertz CT molecular complexity index is 3120. The molecular weight excluding hydrogens is 777 g/mol. The fourth-order valence-electron chi connectivity index (χ4n) is 8.71. The molecule has 0 amide bonds. The highest BCUT2D eigenvalue weighted by molar-refractivity contribution is 5.84. The minimum atomic E-state index is 0.886. The zero-order chi connectivity index (χ0) is 43.1. The molecule has 308 valence electrons. The van der Waals surface area contributed by atoms with E-state index in [1.165, 1.54) is 55.8 Å². The van der Waals surface area contributed by atoms with Crippen LogP contribution < -0.4 is 0 Å². The van der Waals surface area contributed by atoms with Gasteiger partial charge in [0, 0.05) is 53.6 Å². The van der Waals surface area contributed by atoms with Crippen LogP contribution in [-0.2, 0) is 32.7 Å². The SMILES string of the molecule is Cn1c(CCc2cc(CCc3ccc(-c4ccccc4)nc3)cc(-c3ccccc3-c3ccc(-c4cccc(-c5ccc(-c6ccccc6)cc5)c4)nc3)c2)cnc1-c1ccccc1. The van der Waals surface area contributed by atoms with Gasteiger partial charge in [0.2, 0.25) is 0 Å². The zero-order valence-corrected chi connectivity index (χ0v) is 36.0. The quantitative estimate of drug-likeness (QED) is 0.116. The van der Waals surface area contributed by atoms with E-state index in [0.29, 0.717) is 0 Å². The first-order valence-electron chi connectivity index (χ1n) is 22.1. The molecule has 7 aromatic carbocycles. The van der Waals surface area contributed by atoms with E-state index < -0.39 is 0 Å². The molecule has 0 radical (unpaired) electrons. The second-order valence-electron chi connectivity index (χ2n) is 16.5. The Kier molecular flexibility index (Phi) is 11.7. The molecule has 0 aliphatic carbocycles. The van der Waals surface area contributed by atoms with Crippen molar-refractivity contribution in [3.63, 3.8) is 0 Å². The van der Waals surface area contributed by atoms with Gasteiger partial charge in [-0.2, -0.15) is 0 Å². The number of rotatable bonds is 13. The molecule has 3 heterocycles. The van der Waals surface area contributed by atoms with Crippen molar-refractivity contribution in [2.24, 2.45) is 7.05 Å². The third-order valence-electron chi connectivity index (χ3n) is 12.2. The maximum Gasteiger partial charge on any atom is 0.139 e. The maximum atomic E-state index is 5.05. The van der Waals surface area contributed by atoms with Crippen LogP contribution in [0, 0.1) is 0 Å². The van der Waals surface area contributed by atoms with Crippen molar-refractivity contribution in [1.82, 2.24) is 19.5 Å². The van der Waals surface area contributed by atoms with Crippen LogP contribution in [0.15, 0.2) is 225 Å². The molecule has 0 saturated carbocycles. The highest BCUT2D eigenvalue weighted by Crippen LogP contribution is 2.35. The summed E-state index contributed by atoms with van der Waals surface area (Å²) in [5.74, 6) is 0.993. The van der Waals surface area contributed by atoms with Crippen molar-refractivity contribution in [3.05, 3.63) is 247 Å². The number of pyridine rings is 2. The lowest BCUT2D eigenvalue weighted by Crippen LogP contribution is -2.02. The molecule has 0 bridgehead atoms. The number of aromatic nitrogens is 4. The van der Waals surface area contributed by atoms with Gasteiger partial charge >= 0.3 is 0 Å². The summed E-state index contributed by atoms with van der Waals surface area (Å²) in [6.07, 6.45) is 9.69. The van der Waals surface area contributed by atoms with E-state index in [9.17, 15) is 0 Å². The maximum absolute atomic E-state index is 5.05. The van der Waals surface area contributed by atoms with Crippen LogP contribution in [0.3, 0.4) is 0 Å². The van der Waals surface area contributed by atoms with E-state index in [0.717, 1.165) is 70.7 Å². The summed E-state index contributed by atoms with van der Waals surface area (Å²) in [4.78, 5) is 14.7.